The number of aromatic nitrogens is 4. The number of hydrogen-bond acceptors (Lipinski definition) is 6. The Balaban J connectivity index is 1.98. The summed E-state index contributed by atoms with van der Waals surface area (Å²) in [7, 11) is 3.09. The largest absolute Gasteiger partial charge is 0.480 e. The third-order valence-corrected chi connectivity index (χ3v) is 4.08. The first-order chi connectivity index (χ1) is 11.2. The molecule has 120 valence electrons. The van der Waals surface area contributed by atoms with Gasteiger partial charge in [-0.15, -0.1) is 5.10 Å². The normalized spacial score (nSPS) is 19.8. The molecular weight excluding hydrogens is 292 g/mol. The Morgan fingerprint density at radius 1 is 1.22 bits per heavy atom. The molecule has 0 unspecified atom stereocenters. The summed E-state index contributed by atoms with van der Waals surface area (Å²) in [5, 5.41) is 8.60. The lowest BCUT2D eigenvalue weighted by molar-refractivity contribution is 0.353. The third kappa shape index (κ3) is 3.02. The van der Waals surface area contributed by atoms with Crippen LogP contribution in [-0.2, 0) is 0 Å². The zero-order valence-electron chi connectivity index (χ0n) is 13.8. The van der Waals surface area contributed by atoms with Crippen LogP contribution in [0, 0.1) is 12.8 Å². The number of hydrogen-bond donors (Lipinski definition) is 0. The predicted octanol–water partition coefficient (Wildman–Crippen LogP) is 2.94. The van der Waals surface area contributed by atoms with E-state index in [1.54, 1.807) is 13.3 Å². The number of allylic oxidation sites excluding steroid dienone is 2. The van der Waals surface area contributed by atoms with Gasteiger partial charge < -0.3 is 9.47 Å². The molecule has 0 N–H and O–H groups in total. The number of nitrogens with zero attached hydrogens (tertiary/aromatic N) is 4. The monoisotopic (exact) mass is 312 g/mol. The Kier molecular flexibility index (Phi) is 4.23. The average molecular weight is 312 g/mol. The maximum absolute atomic E-state index is 5.34. The second-order valence-electron chi connectivity index (χ2n) is 5.58. The molecular formula is C17H20N4O2. The quantitative estimate of drug-likeness (QED) is 0.791. The van der Waals surface area contributed by atoms with E-state index in [0.717, 1.165) is 17.8 Å². The summed E-state index contributed by atoms with van der Waals surface area (Å²) >= 11 is 0. The van der Waals surface area contributed by atoms with E-state index in [-0.39, 0.29) is 6.01 Å². The van der Waals surface area contributed by atoms with E-state index in [9.17, 15) is 0 Å². The average Bonchev–Trinajstić information content (AvgIpc) is 3.34. The minimum absolute atomic E-state index is 0.265. The number of rotatable bonds is 5. The Morgan fingerprint density at radius 2 is 2.04 bits per heavy atom. The van der Waals surface area contributed by atoms with E-state index < -0.39 is 0 Å². The maximum Gasteiger partial charge on any atom is 0.319 e. The van der Waals surface area contributed by atoms with Gasteiger partial charge in [-0.25, -0.2) is 4.98 Å². The van der Waals surface area contributed by atoms with Crippen LogP contribution in [0.15, 0.2) is 24.4 Å². The van der Waals surface area contributed by atoms with Crippen LogP contribution in [0.2, 0.25) is 0 Å². The highest BCUT2D eigenvalue weighted by molar-refractivity contribution is 5.65. The molecule has 2 aromatic heterocycles. The first-order valence-corrected chi connectivity index (χ1v) is 7.60. The van der Waals surface area contributed by atoms with Crippen LogP contribution in [0.25, 0.3) is 11.3 Å². The summed E-state index contributed by atoms with van der Waals surface area (Å²) in [4.78, 5) is 8.36. The second-order valence-corrected chi connectivity index (χ2v) is 5.58. The van der Waals surface area contributed by atoms with Crippen LogP contribution in [0.3, 0.4) is 0 Å². The van der Waals surface area contributed by atoms with Crippen molar-refractivity contribution in [1.82, 2.24) is 20.2 Å². The molecule has 1 aliphatic rings. The van der Waals surface area contributed by atoms with Gasteiger partial charge in [0, 0.05) is 6.20 Å². The first kappa shape index (κ1) is 15.4. The van der Waals surface area contributed by atoms with Gasteiger partial charge in [0.15, 0.2) is 0 Å². The van der Waals surface area contributed by atoms with Crippen molar-refractivity contribution in [3.8, 4) is 23.1 Å². The van der Waals surface area contributed by atoms with Crippen LogP contribution >= 0.6 is 0 Å². The van der Waals surface area contributed by atoms with Gasteiger partial charge >= 0.3 is 6.01 Å². The fourth-order valence-corrected chi connectivity index (χ4v) is 2.79. The van der Waals surface area contributed by atoms with Crippen molar-refractivity contribution in [2.75, 3.05) is 14.2 Å². The lowest BCUT2D eigenvalue weighted by atomic mass is 10.1. The molecule has 0 radical (unpaired) electrons. The van der Waals surface area contributed by atoms with Crippen molar-refractivity contribution in [1.29, 1.82) is 0 Å². The molecule has 6 nitrogen and oxygen atoms in total. The summed E-state index contributed by atoms with van der Waals surface area (Å²) < 4.78 is 10.4. The molecule has 23 heavy (non-hydrogen) atoms. The molecule has 0 amide bonds. The lowest BCUT2D eigenvalue weighted by Gasteiger charge is -2.09. The fourth-order valence-electron chi connectivity index (χ4n) is 2.79. The molecule has 1 aliphatic carbocycles. The highest BCUT2D eigenvalue weighted by Crippen LogP contribution is 2.49. The van der Waals surface area contributed by atoms with Gasteiger partial charge in [-0.2, -0.15) is 10.1 Å². The van der Waals surface area contributed by atoms with Crippen LogP contribution < -0.4 is 9.47 Å². The molecule has 2 heterocycles. The summed E-state index contributed by atoms with van der Waals surface area (Å²) in [6.45, 7) is 4.05. The Labute approximate surface area is 135 Å². The molecule has 1 fully saturated rings. The van der Waals surface area contributed by atoms with E-state index in [2.05, 4.69) is 45.3 Å². The highest BCUT2D eigenvalue weighted by atomic mass is 16.5. The van der Waals surface area contributed by atoms with E-state index in [1.165, 1.54) is 12.7 Å². The third-order valence-electron chi connectivity index (χ3n) is 4.08. The molecule has 0 aromatic carbocycles. The number of methoxy groups -OCH3 is 2. The molecule has 0 bridgehead atoms. The van der Waals surface area contributed by atoms with Gasteiger partial charge in [0.25, 0.3) is 0 Å². The standard InChI is InChI=1S/C17H20N4O2/c1-5-6-11-7-13(11)12-8-15(21-20-10(12)2)14-9-18-17(23-4)19-16(14)22-3/h5-6,8-9,11,13H,7H2,1-4H3/b6-5+/t11-,13-/m0/s1. The topological polar surface area (TPSA) is 70.0 Å². The predicted molar refractivity (Wildman–Crippen MR) is 86.6 cm³/mol. The van der Waals surface area contributed by atoms with E-state index in [4.69, 9.17) is 9.47 Å². The minimum Gasteiger partial charge on any atom is -0.480 e. The molecule has 1 saturated carbocycles. The first-order valence-electron chi connectivity index (χ1n) is 7.60. The van der Waals surface area contributed by atoms with Crippen molar-refractivity contribution in [2.24, 2.45) is 5.92 Å². The van der Waals surface area contributed by atoms with Crippen molar-refractivity contribution < 1.29 is 9.47 Å². The molecule has 0 saturated heterocycles. The molecule has 0 spiro atoms. The zero-order chi connectivity index (χ0) is 16.4. The Morgan fingerprint density at radius 3 is 2.74 bits per heavy atom. The summed E-state index contributed by atoms with van der Waals surface area (Å²) in [5.74, 6) is 1.55. The van der Waals surface area contributed by atoms with Crippen LogP contribution in [0.5, 0.6) is 11.9 Å². The van der Waals surface area contributed by atoms with E-state index in [1.807, 2.05) is 6.92 Å². The minimum atomic E-state index is 0.265. The van der Waals surface area contributed by atoms with Crippen LogP contribution in [0.4, 0.5) is 0 Å². The van der Waals surface area contributed by atoms with E-state index >= 15 is 0 Å². The van der Waals surface area contributed by atoms with Gasteiger partial charge in [0.2, 0.25) is 5.88 Å². The number of ether oxygens (including phenoxy) is 2. The molecule has 2 atom stereocenters. The summed E-state index contributed by atoms with van der Waals surface area (Å²) in [5.41, 5.74) is 3.64. The van der Waals surface area contributed by atoms with E-state index in [0.29, 0.717) is 23.3 Å². The van der Waals surface area contributed by atoms with Gasteiger partial charge in [-0.05, 0) is 43.7 Å². The molecule has 2 aromatic rings. The Hall–Kier alpha value is -2.50. The van der Waals surface area contributed by atoms with Crippen molar-refractivity contribution in [2.45, 2.75) is 26.2 Å². The smallest absolute Gasteiger partial charge is 0.319 e. The van der Waals surface area contributed by atoms with Crippen LogP contribution in [-0.4, -0.2) is 34.4 Å². The van der Waals surface area contributed by atoms with Crippen molar-refractivity contribution in [3.63, 3.8) is 0 Å². The summed E-state index contributed by atoms with van der Waals surface area (Å²) in [6, 6.07) is 2.34. The molecule has 0 aliphatic heterocycles. The van der Waals surface area contributed by atoms with Crippen molar-refractivity contribution >= 4 is 0 Å². The number of aryl methyl sites for hydroxylation is 1. The maximum atomic E-state index is 5.34. The van der Waals surface area contributed by atoms with Gasteiger partial charge in [-0.1, -0.05) is 12.2 Å². The fraction of sp³-hybridized carbons (Fsp3) is 0.412. The van der Waals surface area contributed by atoms with Gasteiger partial charge in [0.1, 0.15) is 5.69 Å². The lowest BCUT2D eigenvalue weighted by Crippen LogP contribution is -2.01. The summed E-state index contributed by atoms with van der Waals surface area (Å²) in [6.07, 6.45) is 7.17. The second kappa shape index (κ2) is 6.32. The van der Waals surface area contributed by atoms with Gasteiger partial charge in [0.05, 0.1) is 25.5 Å². The SMILES string of the molecule is C/C=C/[C@H]1C[C@@H]1c1cc(-c2cnc(OC)nc2OC)nnc1C. The van der Waals surface area contributed by atoms with Crippen molar-refractivity contribution in [3.05, 3.63) is 35.7 Å². The van der Waals surface area contributed by atoms with Gasteiger partial charge in [-0.3, -0.25) is 0 Å². The molecule has 6 heteroatoms. The molecule has 3 rings (SSSR count). The zero-order valence-corrected chi connectivity index (χ0v) is 13.8. The Bertz CT molecular complexity index is 745. The highest BCUT2D eigenvalue weighted by Gasteiger charge is 2.37. The van der Waals surface area contributed by atoms with Crippen LogP contribution in [0.1, 0.15) is 30.5 Å².